The molecule has 0 unspecified atom stereocenters. The molecule has 1 aromatic carbocycles. The van der Waals surface area contributed by atoms with Gasteiger partial charge in [-0.1, -0.05) is 12.1 Å². The largest absolute Gasteiger partial charge is 0.365 e. The molecule has 5 heteroatoms. The zero-order valence-electron chi connectivity index (χ0n) is 12.0. The molecule has 1 aliphatic rings. The number of nitrogens with zero attached hydrogens (tertiary/aromatic N) is 2. The molecule has 0 amide bonds. The molecule has 0 N–H and O–H groups in total. The average molecular weight is 278 g/mol. The highest BCUT2D eigenvalue weighted by Crippen LogP contribution is 2.18. The Kier molecular flexibility index (Phi) is 4.49. The van der Waals surface area contributed by atoms with Crippen LogP contribution in [-0.2, 0) is 4.84 Å². The van der Waals surface area contributed by atoms with E-state index in [1.54, 1.807) is 0 Å². The average Bonchev–Trinajstić information content (AvgIpc) is 2.42. The highest BCUT2D eigenvalue weighted by molar-refractivity contribution is 5.91. The molecule has 1 fully saturated rings. The summed E-state index contributed by atoms with van der Waals surface area (Å²) < 4.78 is 12.8. The summed E-state index contributed by atoms with van der Waals surface area (Å²) in [7, 11) is 2.07. The minimum Gasteiger partial charge on any atom is -0.313 e. The van der Waals surface area contributed by atoms with Crippen LogP contribution in [0, 0.1) is 11.7 Å². The number of oxime groups is 1. The molecule has 20 heavy (non-hydrogen) atoms. The van der Waals surface area contributed by atoms with E-state index in [1.165, 1.54) is 24.3 Å². The van der Waals surface area contributed by atoms with Crippen LogP contribution in [0.25, 0.3) is 0 Å². The molecule has 0 saturated carbocycles. The zero-order chi connectivity index (χ0) is 14.7. The summed E-state index contributed by atoms with van der Waals surface area (Å²) in [5, 5.41) is 3.99. The molecule has 1 heterocycles. The van der Waals surface area contributed by atoms with Gasteiger partial charge in [0.25, 0.3) is 0 Å². The summed E-state index contributed by atoms with van der Waals surface area (Å²) in [6, 6.07) is 5.61. The number of carbonyl (C=O) groups excluding carboxylic acids is 1. The molecular formula is C15H19FN2O2. The van der Waals surface area contributed by atoms with Gasteiger partial charge in [-0.15, -0.1) is 0 Å². The summed E-state index contributed by atoms with van der Waals surface area (Å²) in [5.41, 5.74) is 1.19. The molecule has 0 bridgehead atoms. The van der Waals surface area contributed by atoms with E-state index in [-0.39, 0.29) is 11.7 Å². The maximum atomic E-state index is 12.8. The normalized spacial score (nSPS) is 25.7. The number of carbonyl (C=O) groups is 1. The second kappa shape index (κ2) is 6.13. The maximum Gasteiger partial charge on any atom is 0.365 e. The number of hydrogen-bond acceptors (Lipinski definition) is 4. The third-order valence-corrected chi connectivity index (χ3v) is 3.71. The maximum absolute atomic E-state index is 12.8. The number of piperidine rings is 1. The van der Waals surface area contributed by atoms with Crippen LogP contribution in [0.2, 0.25) is 0 Å². The Bertz CT molecular complexity index is 513. The molecule has 0 aliphatic carbocycles. The van der Waals surface area contributed by atoms with Gasteiger partial charge in [0, 0.05) is 24.9 Å². The van der Waals surface area contributed by atoms with Crippen LogP contribution in [0.3, 0.4) is 0 Å². The Balaban J connectivity index is 2.01. The summed E-state index contributed by atoms with van der Waals surface area (Å²) in [6.45, 7) is 5.07. The lowest BCUT2D eigenvalue weighted by Crippen LogP contribution is -2.43. The standard InChI is InChI=1S/C15H19FN2O2/c1-10-9-18(3)11(2)8-14(10)17-20-15(19)12-4-6-13(16)7-5-12/h4-7,10-11H,8-9H2,1-3H3/b17-14-/t10-,11-/m1/s1. The van der Waals surface area contributed by atoms with Gasteiger partial charge in [0.15, 0.2) is 0 Å². The topological polar surface area (TPSA) is 41.9 Å². The Morgan fingerprint density at radius 1 is 1.35 bits per heavy atom. The van der Waals surface area contributed by atoms with Crippen molar-refractivity contribution in [3.05, 3.63) is 35.6 Å². The van der Waals surface area contributed by atoms with Gasteiger partial charge < -0.3 is 9.74 Å². The molecule has 108 valence electrons. The summed E-state index contributed by atoms with van der Waals surface area (Å²) >= 11 is 0. The van der Waals surface area contributed by atoms with E-state index in [0.717, 1.165) is 18.7 Å². The van der Waals surface area contributed by atoms with Crippen molar-refractivity contribution in [2.24, 2.45) is 11.1 Å². The number of likely N-dealkylation sites (tertiary alicyclic amines) is 1. The fraction of sp³-hybridized carbons (Fsp3) is 0.467. The van der Waals surface area contributed by atoms with Gasteiger partial charge in [-0.25, -0.2) is 9.18 Å². The second-order valence-corrected chi connectivity index (χ2v) is 5.36. The third-order valence-electron chi connectivity index (χ3n) is 3.71. The van der Waals surface area contributed by atoms with E-state index >= 15 is 0 Å². The van der Waals surface area contributed by atoms with Crippen LogP contribution in [0.4, 0.5) is 4.39 Å². The molecule has 1 saturated heterocycles. The lowest BCUT2D eigenvalue weighted by Gasteiger charge is -2.34. The first-order valence-electron chi connectivity index (χ1n) is 6.71. The first-order chi connectivity index (χ1) is 9.47. The molecule has 2 rings (SSSR count). The van der Waals surface area contributed by atoms with E-state index in [0.29, 0.717) is 11.6 Å². The SMILES string of the molecule is C[C@@H]1CN(C)[C@H](C)C/C1=N/OC(=O)c1ccc(F)cc1. The lowest BCUT2D eigenvalue weighted by molar-refractivity contribution is 0.0508. The summed E-state index contributed by atoms with van der Waals surface area (Å²) in [4.78, 5) is 19.0. The minimum absolute atomic E-state index is 0.261. The molecule has 4 nitrogen and oxygen atoms in total. The molecule has 2 atom stereocenters. The van der Waals surface area contributed by atoms with Crippen molar-refractivity contribution in [1.82, 2.24) is 4.90 Å². The Labute approximate surface area is 118 Å². The van der Waals surface area contributed by atoms with Crippen LogP contribution in [0.15, 0.2) is 29.4 Å². The van der Waals surface area contributed by atoms with E-state index in [4.69, 9.17) is 4.84 Å². The molecule has 0 aromatic heterocycles. The van der Waals surface area contributed by atoms with Gasteiger partial charge >= 0.3 is 5.97 Å². The van der Waals surface area contributed by atoms with Crippen LogP contribution in [0.5, 0.6) is 0 Å². The first-order valence-corrected chi connectivity index (χ1v) is 6.71. The fourth-order valence-electron chi connectivity index (χ4n) is 2.24. The van der Waals surface area contributed by atoms with Crippen molar-refractivity contribution in [3.8, 4) is 0 Å². The first kappa shape index (κ1) is 14.7. The van der Waals surface area contributed by atoms with Crippen LogP contribution in [-0.4, -0.2) is 36.2 Å². The molecule has 0 radical (unpaired) electrons. The molecule has 0 spiro atoms. The van der Waals surface area contributed by atoms with Crippen molar-refractivity contribution in [3.63, 3.8) is 0 Å². The summed E-state index contributed by atoms with van der Waals surface area (Å²) in [6.07, 6.45) is 0.786. The molecule has 1 aliphatic heterocycles. The van der Waals surface area contributed by atoms with E-state index in [2.05, 4.69) is 31.0 Å². The Morgan fingerprint density at radius 3 is 2.65 bits per heavy atom. The Hall–Kier alpha value is -1.75. The predicted octanol–water partition coefficient (Wildman–Crippen LogP) is 2.70. The zero-order valence-corrected chi connectivity index (χ0v) is 12.0. The lowest BCUT2D eigenvalue weighted by atomic mass is 9.93. The second-order valence-electron chi connectivity index (χ2n) is 5.36. The number of hydrogen-bond donors (Lipinski definition) is 0. The van der Waals surface area contributed by atoms with Crippen LogP contribution < -0.4 is 0 Å². The number of halogens is 1. The minimum atomic E-state index is -0.559. The smallest absolute Gasteiger partial charge is 0.313 e. The van der Waals surface area contributed by atoms with Crippen LogP contribution >= 0.6 is 0 Å². The van der Waals surface area contributed by atoms with Crippen molar-refractivity contribution in [2.45, 2.75) is 26.3 Å². The van der Waals surface area contributed by atoms with Crippen LogP contribution in [0.1, 0.15) is 30.6 Å². The van der Waals surface area contributed by atoms with Crippen molar-refractivity contribution in [1.29, 1.82) is 0 Å². The van der Waals surface area contributed by atoms with Crippen molar-refractivity contribution >= 4 is 11.7 Å². The van der Waals surface area contributed by atoms with Gasteiger partial charge in [-0.05, 0) is 38.2 Å². The monoisotopic (exact) mass is 278 g/mol. The van der Waals surface area contributed by atoms with E-state index in [1.807, 2.05) is 0 Å². The quantitative estimate of drug-likeness (QED) is 0.617. The number of benzene rings is 1. The molecule has 1 aromatic rings. The molecular weight excluding hydrogens is 259 g/mol. The summed E-state index contributed by atoms with van der Waals surface area (Å²) in [5.74, 6) is -0.681. The number of rotatable bonds is 2. The van der Waals surface area contributed by atoms with Crippen molar-refractivity contribution in [2.75, 3.05) is 13.6 Å². The fourth-order valence-corrected chi connectivity index (χ4v) is 2.24. The van der Waals surface area contributed by atoms with Gasteiger partial charge in [0.2, 0.25) is 0 Å². The van der Waals surface area contributed by atoms with E-state index in [9.17, 15) is 9.18 Å². The van der Waals surface area contributed by atoms with Gasteiger partial charge in [0.05, 0.1) is 11.3 Å². The van der Waals surface area contributed by atoms with Gasteiger partial charge in [0.1, 0.15) is 5.82 Å². The van der Waals surface area contributed by atoms with Gasteiger partial charge in [-0.2, -0.15) is 0 Å². The van der Waals surface area contributed by atoms with Gasteiger partial charge in [-0.3, -0.25) is 0 Å². The third kappa shape index (κ3) is 3.42. The Morgan fingerprint density at radius 2 is 2.00 bits per heavy atom. The van der Waals surface area contributed by atoms with E-state index < -0.39 is 5.97 Å². The predicted molar refractivity (Wildman–Crippen MR) is 75.1 cm³/mol. The highest BCUT2D eigenvalue weighted by atomic mass is 19.1. The highest BCUT2D eigenvalue weighted by Gasteiger charge is 2.26. The van der Waals surface area contributed by atoms with Crippen molar-refractivity contribution < 1.29 is 14.0 Å².